The van der Waals surface area contributed by atoms with Gasteiger partial charge < -0.3 is 14.3 Å². The van der Waals surface area contributed by atoms with Gasteiger partial charge in [-0.3, -0.25) is 10.1 Å². The second-order valence-electron chi connectivity index (χ2n) is 7.32. The molecule has 0 bridgehead atoms. The number of nitrogens with zero attached hydrogens (tertiary/aromatic N) is 2. The first kappa shape index (κ1) is 21.9. The van der Waals surface area contributed by atoms with Crippen LogP contribution in [0.3, 0.4) is 0 Å². The molecule has 166 valence electrons. The number of ether oxygens (including phenoxy) is 2. The first-order chi connectivity index (χ1) is 15.0. The normalized spacial score (nSPS) is 19.4. The van der Waals surface area contributed by atoms with Crippen LogP contribution >= 0.6 is 11.3 Å². The molecule has 1 aliphatic carbocycles. The summed E-state index contributed by atoms with van der Waals surface area (Å²) >= 11 is 1.29. The molecule has 2 aromatic rings. The summed E-state index contributed by atoms with van der Waals surface area (Å²) in [4.78, 5) is 23.7. The highest BCUT2D eigenvalue weighted by atomic mass is 32.2. The van der Waals surface area contributed by atoms with Crippen LogP contribution in [0, 0.1) is 0 Å². The highest BCUT2D eigenvalue weighted by Crippen LogP contribution is 2.33. The predicted molar refractivity (Wildman–Crippen MR) is 115 cm³/mol. The van der Waals surface area contributed by atoms with Gasteiger partial charge in [-0.05, 0) is 25.0 Å². The van der Waals surface area contributed by atoms with Gasteiger partial charge in [0.2, 0.25) is 0 Å². The first-order valence-corrected chi connectivity index (χ1v) is 12.2. The Hall–Kier alpha value is -2.34. The molecule has 1 amide bonds. The summed E-state index contributed by atoms with van der Waals surface area (Å²) in [5.74, 6) is -0.505. The Bertz CT molecular complexity index is 1050. The number of aromatic nitrogens is 1. The highest BCUT2D eigenvalue weighted by molar-refractivity contribution is 7.92. The van der Waals surface area contributed by atoms with E-state index in [0.29, 0.717) is 49.8 Å². The van der Waals surface area contributed by atoms with Crippen molar-refractivity contribution in [1.82, 2.24) is 4.98 Å². The average molecular weight is 466 g/mol. The van der Waals surface area contributed by atoms with Crippen molar-refractivity contribution in [3.63, 3.8) is 0 Å². The number of anilines is 1. The maximum absolute atomic E-state index is 12.9. The second-order valence-corrected chi connectivity index (χ2v) is 10.7. The number of thiazole rings is 1. The molecule has 1 aliphatic heterocycles. The SMILES string of the molecule is COCc1cnc(NC(=O)/C(=N/O[C@@H]2CCOC2)c2ccc(S(=O)(=O)C3CC3)cc2)s1. The quantitative estimate of drug-likeness (QED) is 0.446. The van der Waals surface area contributed by atoms with Crippen molar-refractivity contribution in [2.24, 2.45) is 5.16 Å². The van der Waals surface area contributed by atoms with E-state index in [1.807, 2.05) is 0 Å². The molecule has 0 spiro atoms. The van der Waals surface area contributed by atoms with Crippen molar-refractivity contribution in [3.05, 3.63) is 40.9 Å². The molecule has 1 atom stereocenters. The average Bonchev–Trinajstić information content (AvgIpc) is 3.34. The van der Waals surface area contributed by atoms with Gasteiger partial charge in [-0.1, -0.05) is 28.6 Å². The third-order valence-corrected chi connectivity index (χ3v) is 8.04. The van der Waals surface area contributed by atoms with Gasteiger partial charge >= 0.3 is 0 Å². The lowest BCUT2D eigenvalue weighted by molar-refractivity contribution is -0.110. The fourth-order valence-electron chi connectivity index (χ4n) is 3.05. The van der Waals surface area contributed by atoms with Crippen molar-refractivity contribution < 1.29 is 27.5 Å². The van der Waals surface area contributed by atoms with E-state index >= 15 is 0 Å². The molecule has 2 heterocycles. The Morgan fingerprint density at radius 2 is 2.06 bits per heavy atom. The maximum atomic E-state index is 12.9. The first-order valence-electron chi connectivity index (χ1n) is 9.88. The molecule has 4 rings (SSSR count). The summed E-state index contributed by atoms with van der Waals surface area (Å²) in [5.41, 5.74) is 0.477. The lowest BCUT2D eigenvalue weighted by Gasteiger charge is -2.10. The maximum Gasteiger partial charge on any atom is 0.280 e. The summed E-state index contributed by atoms with van der Waals surface area (Å²) in [6.45, 7) is 1.39. The third-order valence-electron chi connectivity index (χ3n) is 4.88. The summed E-state index contributed by atoms with van der Waals surface area (Å²) in [5, 5.41) is 6.91. The number of hydrogen-bond donors (Lipinski definition) is 1. The van der Waals surface area contributed by atoms with Crippen LogP contribution in [0.25, 0.3) is 0 Å². The van der Waals surface area contributed by atoms with Crippen LogP contribution in [0.5, 0.6) is 0 Å². The van der Waals surface area contributed by atoms with Crippen LogP contribution in [0.1, 0.15) is 29.7 Å². The van der Waals surface area contributed by atoms with E-state index < -0.39 is 15.7 Å². The number of methoxy groups -OCH3 is 1. The van der Waals surface area contributed by atoms with E-state index in [9.17, 15) is 13.2 Å². The van der Waals surface area contributed by atoms with Gasteiger partial charge in [0.1, 0.15) is 0 Å². The standard InChI is InChI=1S/C20H23N3O6S2/c1-27-12-15-10-21-20(30-15)22-19(24)18(23-29-14-8-9-28-11-14)13-2-4-16(5-3-13)31(25,26)17-6-7-17/h2-5,10,14,17H,6-9,11-12H2,1H3,(H,21,22,24)/b23-18+/t14-/m1/s1. The summed E-state index contributed by atoms with van der Waals surface area (Å²) in [6.07, 6.45) is 3.46. The van der Waals surface area contributed by atoms with Gasteiger partial charge in [0.25, 0.3) is 5.91 Å². The molecule has 1 aromatic heterocycles. The molecule has 2 fully saturated rings. The van der Waals surface area contributed by atoms with Gasteiger partial charge in [-0.2, -0.15) is 0 Å². The topological polar surface area (TPSA) is 116 Å². The molecule has 9 nitrogen and oxygen atoms in total. The summed E-state index contributed by atoms with van der Waals surface area (Å²) in [7, 11) is -1.73. The third kappa shape index (κ3) is 5.29. The Morgan fingerprint density at radius 3 is 2.71 bits per heavy atom. The Labute approximate surface area is 184 Å². The molecule has 31 heavy (non-hydrogen) atoms. The minimum absolute atomic E-state index is 0.0331. The number of hydrogen-bond acceptors (Lipinski definition) is 9. The minimum atomic E-state index is -3.31. The van der Waals surface area contributed by atoms with Crippen molar-refractivity contribution in [2.75, 3.05) is 25.6 Å². The fourth-order valence-corrected chi connectivity index (χ4v) is 5.49. The van der Waals surface area contributed by atoms with Crippen molar-refractivity contribution in [1.29, 1.82) is 0 Å². The Kier molecular flexibility index (Phi) is 6.65. The van der Waals surface area contributed by atoms with Crippen LogP contribution in [-0.2, 0) is 35.5 Å². The van der Waals surface area contributed by atoms with Gasteiger partial charge in [0.15, 0.2) is 26.8 Å². The fraction of sp³-hybridized carbons (Fsp3) is 0.450. The molecule has 0 radical (unpaired) electrons. The highest BCUT2D eigenvalue weighted by Gasteiger charge is 2.36. The molecule has 1 saturated heterocycles. The van der Waals surface area contributed by atoms with Gasteiger partial charge in [-0.15, -0.1) is 0 Å². The molecular weight excluding hydrogens is 442 g/mol. The van der Waals surface area contributed by atoms with E-state index in [2.05, 4.69) is 15.5 Å². The predicted octanol–water partition coefficient (Wildman–Crippen LogP) is 2.37. The molecule has 11 heteroatoms. The zero-order valence-corrected chi connectivity index (χ0v) is 18.6. The number of rotatable bonds is 9. The Balaban J connectivity index is 1.55. The number of carbonyl (C=O) groups is 1. The lowest BCUT2D eigenvalue weighted by Crippen LogP contribution is -2.25. The van der Waals surface area contributed by atoms with Crippen LogP contribution in [0.15, 0.2) is 40.5 Å². The molecule has 1 saturated carbocycles. The molecular formula is C20H23N3O6S2. The van der Waals surface area contributed by atoms with E-state index in [1.54, 1.807) is 25.4 Å². The lowest BCUT2D eigenvalue weighted by atomic mass is 10.1. The molecule has 1 aromatic carbocycles. The van der Waals surface area contributed by atoms with Gasteiger partial charge in [0, 0.05) is 25.3 Å². The minimum Gasteiger partial charge on any atom is -0.389 e. The monoisotopic (exact) mass is 465 g/mol. The van der Waals surface area contributed by atoms with Crippen molar-refractivity contribution in [2.45, 2.75) is 42.1 Å². The molecule has 0 unspecified atom stereocenters. The summed E-state index contributed by atoms with van der Waals surface area (Å²) < 4.78 is 35.2. The zero-order valence-electron chi connectivity index (χ0n) is 16.9. The molecule has 2 aliphatic rings. The van der Waals surface area contributed by atoms with E-state index in [0.717, 1.165) is 4.88 Å². The number of carbonyl (C=O) groups excluding carboxylic acids is 1. The van der Waals surface area contributed by atoms with Crippen molar-refractivity contribution in [3.8, 4) is 0 Å². The Morgan fingerprint density at radius 1 is 1.29 bits per heavy atom. The number of oxime groups is 1. The van der Waals surface area contributed by atoms with Crippen LogP contribution < -0.4 is 5.32 Å². The smallest absolute Gasteiger partial charge is 0.280 e. The number of nitrogens with one attached hydrogen (secondary N) is 1. The molecule has 1 N–H and O–H groups in total. The number of amides is 1. The van der Waals surface area contributed by atoms with Crippen LogP contribution in [-0.4, -0.2) is 56.7 Å². The van der Waals surface area contributed by atoms with Gasteiger partial charge in [-0.25, -0.2) is 13.4 Å². The largest absolute Gasteiger partial charge is 0.389 e. The summed E-state index contributed by atoms with van der Waals surface area (Å²) in [6, 6.07) is 6.15. The van der Waals surface area contributed by atoms with E-state index in [4.69, 9.17) is 14.3 Å². The van der Waals surface area contributed by atoms with Crippen LogP contribution in [0.2, 0.25) is 0 Å². The van der Waals surface area contributed by atoms with Gasteiger partial charge in [0.05, 0.1) is 34.8 Å². The van der Waals surface area contributed by atoms with E-state index in [1.165, 1.54) is 23.5 Å². The second kappa shape index (κ2) is 9.43. The van der Waals surface area contributed by atoms with E-state index in [-0.39, 0.29) is 22.0 Å². The zero-order chi connectivity index (χ0) is 21.8. The number of sulfone groups is 1. The van der Waals surface area contributed by atoms with Crippen molar-refractivity contribution >= 4 is 37.9 Å². The van der Waals surface area contributed by atoms with Crippen LogP contribution in [0.4, 0.5) is 5.13 Å². The number of benzene rings is 1.